The Balaban J connectivity index is 1.35. The molecule has 6 rings (SSSR count). The molecule has 5 aromatic rings. The van der Waals surface area contributed by atoms with E-state index in [1.54, 1.807) is 19.2 Å². The maximum Gasteiger partial charge on any atom is 0.228 e. The molecule has 0 unspecified atom stereocenters. The fourth-order valence-corrected chi connectivity index (χ4v) is 5.62. The summed E-state index contributed by atoms with van der Waals surface area (Å²) in [7, 11) is 1.72. The van der Waals surface area contributed by atoms with Gasteiger partial charge in [-0.1, -0.05) is 29.3 Å². The Labute approximate surface area is 224 Å². The lowest BCUT2D eigenvalue weighted by Gasteiger charge is -2.39. The van der Waals surface area contributed by atoms with Gasteiger partial charge in [-0.25, -0.2) is 13.8 Å². The van der Waals surface area contributed by atoms with Gasteiger partial charge in [0.15, 0.2) is 11.3 Å². The second-order valence-corrected chi connectivity index (χ2v) is 10.0. The van der Waals surface area contributed by atoms with Crippen molar-refractivity contribution in [3.8, 4) is 17.3 Å². The van der Waals surface area contributed by atoms with Gasteiger partial charge in [0.25, 0.3) is 0 Å². The minimum Gasteiger partial charge on any atom is -0.341 e. The van der Waals surface area contributed by atoms with Gasteiger partial charge >= 0.3 is 0 Å². The number of anilines is 1. The number of halogens is 4. The largest absolute Gasteiger partial charge is 0.341 e. The van der Waals surface area contributed by atoms with E-state index in [-0.39, 0.29) is 11.3 Å². The van der Waals surface area contributed by atoms with E-state index in [1.165, 1.54) is 16.8 Å². The number of nitrogens with one attached hydrogen (secondary N) is 1. The zero-order valence-corrected chi connectivity index (χ0v) is 21.4. The average Bonchev–Trinajstić information content (AvgIpc) is 3.44. The summed E-state index contributed by atoms with van der Waals surface area (Å²) in [5.74, 6) is -0.996. The summed E-state index contributed by atoms with van der Waals surface area (Å²) in [5.41, 5.74) is 7.93. The number of aromatic amines is 1. The Morgan fingerprint density at radius 3 is 2.58 bits per heavy atom. The monoisotopic (exact) mass is 553 g/mol. The van der Waals surface area contributed by atoms with Crippen LogP contribution in [0, 0.1) is 23.0 Å². The van der Waals surface area contributed by atoms with Gasteiger partial charge in [0.2, 0.25) is 5.95 Å². The molecule has 1 fully saturated rings. The molecule has 0 bridgehead atoms. The van der Waals surface area contributed by atoms with Gasteiger partial charge in [-0.05, 0) is 31.0 Å². The first-order chi connectivity index (χ1) is 18.2. The number of aromatic nitrogens is 6. The number of nitrogens with two attached hydrogens (primary N) is 1. The lowest BCUT2D eigenvalue weighted by atomic mass is 9.81. The minimum atomic E-state index is -0.958. The second kappa shape index (κ2) is 8.87. The zero-order chi connectivity index (χ0) is 26.8. The Morgan fingerprint density at radius 2 is 1.87 bits per heavy atom. The number of aryl methyl sites for hydroxylation is 1. The summed E-state index contributed by atoms with van der Waals surface area (Å²) < 4.78 is 29.3. The zero-order valence-electron chi connectivity index (χ0n) is 19.9. The summed E-state index contributed by atoms with van der Waals surface area (Å²) in [6.45, 7) is 0.819. The number of hydrogen-bond acceptors (Lipinski definition) is 7. The van der Waals surface area contributed by atoms with Crippen molar-refractivity contribution in [2.24, 2.45) is 12.8 Å². The fraction of sp³-hybridized carbons (Fsp3) is 0.240. The molecule has 3 N–H and O–H groups in total. The lowest BCUT2D eigenvalue weighted by molar-refractivity contribution is 0.327. The van der Waals surface area contributed by atoms with E-state index in [9.17, 15) is 14.0 Å². The molecule has 0 amide bonds. The highest BCUT2D eigenvalue weighted by molar-refractivity contribution is 6.43. The van der Waals surface area contributed by atoms with Gasteiger partial charge in [-0.3, -0.25) is 9.78 Å². The third-order valence-corrected chi connectivity index (χ3v) is 7.87. The van der Waals surface area contributed by atoms with Crippen LogP contribution < -0.4 is 10.6 Å². The summed E-state index contributed by atoms with van der Waals surface area (Å²) >= 11 is 13.1. The molecule has 2 aromatic carbocycles. The molecule has 0 spiro atoms. The summed E-state index contributed by atoms with van der Waals surface area (Å²) in [5, 5.41) is 23.3. The number of nitrogens with zero attached hydrogens (tertiary/aromatic N) is 7. The normalized spacial score (nSPS) is 15.3. The summed E-state index contributed by atoms with van der Waals surface area (Å²) in [6, 6.07) is 9.12. The van der Waals surface area contributed by atoms with Crippen LogP contribution in [0.4, 0.5) is 14.7 Å². The molecule has 0 radical (unpaired) electrons. The van der Waals surface area contributed by atoms with Crippen molar-refractivity contribution in [2.45, 2.75) is 18.4 Å². The maximum absolute atomic E-state index is 14.4. The number of fused-ring (bicyclic) bond motifs is 2. The van der Waals surface area contributed by atoms with Crippen LogP contribution in [0.25, 0.3) is 33.2 Å². The highest BCUT2D eigenvalue weighted by Crippen LogP contribution is 2.40. The smallest absolute Gasteiger partial charge is 0.228 e. The van der Waals surface area contributed by atoms with Crippen LogP contribution in [0.3, 0.4) is 0 Å². The lowest BCUT2D eigenvalue weighted by Crippen LogP contribution is -2.49. The van der Waals surface area contributed by atoms with Crippen LogP contribution in [-0.4, -0.2) is 43.0 Å². The van der Waals surface area contributed by atoms with Gasteiger partial charge in [-0.2, -0.15) is 20.4 Å². The van der Waals surface area contributed by atoms with Crippen molar-refractivity contribution in [1.82, 2.24) is 29.9 Å². The van der Waals surface area contributed by atoms with Crippen molar-refractivity contribution in [3.63, 3.8) is 0 Å². The Hall–Kier alpha value is -3.85. The molecule has 0 atom stereocenters. The van der Waals surface area contributed by atoms with Crippen LogP contribution in [0.2, 0.25) is 10.2 Å². The Morgan fingerprint density at radius 1 is 1.11 bits per heavy atom. The number of benzene rings is 2. The first-order valence-electron chi connectivity index (χ1n) is 11.7. The van der Waals surface area contributed by atoms with E-state index < -0.39 is 17.2 Å². The van der Waals surface area contributed by atoms with Gasteiger partial charge in [0.05, 0.1) is 21.3 Å². The predicted octanol–water partition coefficient (Wildman–Crippen LogP) is 4.82. The van der Waals surface area contributed by atoms with E-state index in [0.29, 0.717) is 75.2 Å². The van der Waals surface area contributed by atoms with Crippen molar-refractivity contribution in [3.05, 3.63) is 63.4 Å². The maximum atomic E-state index is 14.4. The van der Waals surface area contributed by atoms with Crippen molar-refractivity contribution in [1.29, 1.82) is 5.26 Å². The summed E-state index contributed by atoms with van der Waals surface area (Å²) in [4.78, 5) is 11.0. The number of nitriles is 1. The van der Waals surface area contributed by atoms with Gasteiger partial charge in [0.1, 0.15) is 28.6 Å². The first kappa shape index (κ1) is 24.5. The van der Waals surface area contributed by atoms with Crippen molar-refractivity contribution in [2.75, 3.05) is 18.0 Å². The molecule has 0 aliphatic carbocycles. The van der Waals surface area contributed by atoms with E-state index >= 15 is 0 Å². The van der Waals surface area contributed by atoms with E-state index in [0.717, 1.165) is 6.07 Å². The van der Waals surface area contributed by atoms with Crippen LogP contribution in [-0.2, 0) is 12.6 Å². The molecule has 38 heavy (non-hydrogen) atoms. The topological polar surface area (TPSA) is 125 Å². The van der Waals surface area contributed by atoms with Crippen LogP contribution >= 0.6 is 23.2 Å². The Bertz CT molecular complexity index is 1780. The average molecular weight is 554 g/mol. The molecule has 1 saturated heterocycles. The molecule has 9 nitrogen and oxygen atoms in total. The SMILES string of the molecule is Cn1nc2ccc(-c3n[nH]c4nc(N5CCC(N)(c6ccc(F)cc6F)CC5)nc(C#N)c34)c(Cl)c2c1Cl. The number of hydrogen-bond donors (Lipinski definition) is 2. The third-order valence-electron chi connectivity index (χ3n) is 7.04. The second-order valence-electron chi connectivity index (χ2n) is 9.28. The minimum absolute atomic E-state index is 0.122. The first-order valence-corrected chi connectivity index (χ1v) is 12.4. The highest BCUT2D eigenvalue weighted by atomic mass is 35.5. The van der Waals surface area contributed by atoms with Crippen molar-refractivity contribution >= 4 is 51.1 Å². The molecule has 1 aliphatic rings. The molecule has 13 heteroatoms. The van der Waals surface area contributed by atoms with E-state index in [4.69, 9.17) is 28.9 Å². The van der Waals surface area contributed by atoms with E-state index in [2.05, 4.69) is 31.3 Å². The quantitative estimate of drug-likeness (QED) is 0.328. The fourth-order valence-electron chi connectivity index (χ4n) is 5.00. The van der Waals surface area contributed by atoms with E-state index in [1.807, 2.05) is 4.90 Å². The molecule has 3 aromatic heterocycles. The predicted molar refractivity (Wildman–Crippen MR) is 140 cm³/mol. The van der Waals surface area contributed by atoms with Crippen LogP contribution in [0.15, 0.2) is 30.3 Å². The molecular weight excluding hydrogens is 535 g/mol. The number of rotatable bonds is 3. The van der Waals surface area contributed by atoms with Crippen LogP contribution in [0.1, 0.15) is 24.1 Å². The third kappa shape index (κ3) is 3.75. The highest BCUT2D eigenvalue weighted by Gasteiger charge is 2.36. The van der Waals surface area contributed by atoms with Gasteiger partial charge in [0, 0.05) is 42.9 Å². The standard InChI is InChI=1S/C25H19Cl2F2N9/c1-37-22(27)18-16(36-37)5-3-13(20(18)26)21-19-17(11-30)32-24(33-23(19)35-34-21)38-8-6-25(31,7-9-38)14-4-2-12(28)10-15(14)29/h2-5,10H,6-9,31H2,1H3,(H,32,33,34,35). The van der Waals surface area contributed by atoms with Gasteiger partial charge in [-0.15, -0.1) is 0 Å². The summed E-state index contributed by atoms with van der Waals surface area (Å²) in [6.07, 6.45) is 0.767. The number of H-pyrrole nitrogens is 1. The molecule has 192 valence electrons. The molecule has 4 heterocycles. The molecule has 1 aliphatic heterocycles. The number of piperidine rings is 1. The van der Waals surface area contributed by atoms with Crippen molar-refractivity contribution < 1.29 is 8.78 Å². The van der Waals surface area contributed by atoms with Gasteiger partial charge < -0.3 is 10.6 Å². The molecular formula is C25H19Cl2F2N9. The molecule has 0 saturated carbocycles. The Kier molecular flexibility index (Phi) is 5.72. The van der Waals surface area contributed by atoms with Crippen LogP contribution in [0.5, 0.6) is 0 Å².